The first kappa shape index (κ1) is 48.4. The molecule has 8 rings (SSSR count). The molecule has 356 valence electrons. The van der Waals surface area contributed by atoms with E-state index in [1.54, 1.807) is 23.6 Å². The average molecular weight is 948 g/mol. The minimum absolute atomic E-state index is 0.132. The number of fused-ring (bicyclic) bond motifs is 4. The number of para-hydroxylation sites is 2. The smallest absolute Gasteiger partial charge is 0.414 e. The lowest BCUT2D eigenvalue weighted by Crippen LogP contribution is -2.40. The van der Waals surface area contributed by atoms with Crippen LogP contribution in [0.2, 0.25) is 0 Å². The van der Waals surface area contributed by atoms with Gasteiger partial charge in [-0.05, 0) is 122 Å². The van der Waals surface area contributed by atoms with Crippen LogP contribution < -0.4 is 30.4 Å². The summed E-state index contributed by atoms with van der Waals surface area (Å²) in [5.41, 5.74) is 26.2. The fourth-order valence-corrected chi connectivity index (χ4v) is 8.82. The van der Waals surface area contributed by atoms with E-state index in [0.717, 1.165) is 96.3 Å². The number of alkyl halides is 1. The lowest BCUT2D eigenvalue weighted by atomic mass is 10.1. The second-order valence-corrected chi connectivity index (χ2v) is 19.9. The molecule has 0 spiro atoms. The average Bonchev–Trinajstić information content (AvgIpc) is 3.29. The number of ether oxygens (including phenoxy) is 2. The third kappa shape index (κ3) is 10.4. The SMILES string of the molecule is Cc1cc2nc3cc(C)c(N(CCCCCCN(C(=O)OC(C)(C)CCl)c4cc5c(cc4C)nc4cc(C)c(N)cc4[n+]5-c4ccccc4)C(=O)OC(C)(C)C)cc3[n+](-c3ccccc3)c2cc1N. The Labute approximate surface area is 409 Å². The molecule has 0 bridgehead atoms. The molecule has 4 N–H and O–H groups in total. The van der Waals surface area contributed by atoms with Gasteiger partial charge in [0.25, 0.3) is 0 Å². The van der Waals surface area contributed by atoms with Crippen molar-refractivity contribution < 1.29 is 28.2 Å². The Morgan fingerprint density at radius 3 is 1.28 bits per heavy atom. The Morgan fingerprint density at radius 1 is 0.536 bits per heavy atom. The van der Waals surface area contributed by atoms with E-state index >= 15 is 0 Å². The Morgan fingerprint density at radius 2 is 0.899 bits per heavy atom. The van der Waals surface area contributed by atoms with E-state index in [4.69, 9.17) is 42.5 Å². The summed E-state index contributed by atoms with van der Waals surface area (Å²) in [5, 5.41) is 0. The summed E-state index contributed by atoms with van der Waals surface area (Å²) in [4.78, 5) is 42.1. The zero-order chi connectivity index (χ0) is 49.4. The number of aryl methyl sites for hydroxylation is 4. The van der Waals surface area contributed by atoms with E-state index in [2.05, 4.69) is 21.3 Å². The Hall–Kier alpha value is -7.05. The number of hydrogen-bond donors (Lipinski definition) is 2. The fourth-order valence-electron chi connectivity index (χ4n) is 8.77. The summed E-state index contributed by atoms with van der Waals surface area (Å²) in [6.07, 6.45) is 1.97. The van der Waals surface area contributed by atoms with Crippen molar-refractivity contribution in [2.75, 3.05) is 40.2 Å². The lowest BCUT2D eigenvalue weighted by molar-refractivity contribution is -0.538. The van der Waals surface area contributed by atoms with E-state index in [1.807, 2.05) is 146 Å². The van der Waals surface area contributed by atoms with Gasteiger partial charge in [-0.15, -0.1) is 20.7 Å². The Balaban J connectivity index is 1.09. The summed E-state index contributed by atoms with van der Waals surface area (Å²) >= 11 is 6.30. The molecule has 2 heterocycles. The van der Waals surface area contributed by atoms with E-state index in [9.17, 15) is 9.59 Å². The van der Waals surface area contributed by atoms with Crippen molar-refractivity contribution in [1.29, 1.82) is 0 Å². The van der Waals surface area contributed by atoms with Gasteiger partial charge in [-0.3, -0.25) is 9.80 Å². The van der Waals surface area contributed by atoms with Gasteiger partial charge < -0.3 is 20.9 Å². The maximum atomic E-state index is 14.3. The molecule has 0 aliphatic carbocycles. The normalized spacial score (nSPS) is 12.0. The number of nitrogen functional groups attached to an aromatic ring is 2. The van der Waals surface area contributed by atoms with Crippen LogP contribution in [0.3, 0.4) is 0 Å². The molecule has 0 aliphatic rings. The number of hydrogen-bond acceptors (Lipinski definition) is 8. The van der Waals surface area contributed by atoms with Gasteiger partial charge in [0.2, 0.25) is 33.4 Å². The zero-order valence-corrected chi connectivity index (χ0v) is 41.9. The van der Waals surface area contributed by atoms with Gasteiger partial charge in [0.1, 0.15) is 33.3 Å². The van der Waals surface area contributed by atoms with E-state index in [1.165, 1.54) is 0 Å². The minimum Gasteiger partial charge on any atom is -0.443 e. The number of nitrogens with two attached hydrogens (primary N) is 2. The van der Waals surface area contributed by atoms with Gasteiger partial charge in [-0.25, -0.2) is 19.6 Å². The molecule has 0 saturated carbocycles. The minimum atomic E-state index is -0.902. The second kappa shape index (κ2) is 19.5. The molecule has 0 unspecified atom stereocenters. The number of anilines is 4. The van der Waals surface area contributed by atoms with Crippen LogP contribution >= 0.6 is 11.6 Å². The first-order valence-electron chi connectivity index (χ1n) is 23.6. The highest BCUT2D eigenvalue weighted by atomic mass is 35.5. The van der Waals surface area contributed by atoms with E-state index < -0.39 is 23.4 Å². The molecule has 13 heteroatoms. The van der Waals surface area contributed by atoms with Gasteiger partial charge >= 0.3 is 12.2 Å². The van der Waals surface area contributed by atoms with Crippen LogP contribution in [0.4, 0.5) is 32.3 Å². The highest BCUT2D eigenvalue weighted by molar-refractivity contribution is 6.18. The number of nitrogens with zero attached hydrogens (tertiary/aromatic N) is 6. The second-order valence-electron chi connectivity index (χ2n) is 19.7. The van der Waals surface area contributed by atoms with Gasteiger partial charge in [-0.2, -0.15) is 0 Å². The zero-order valence-electron chi connectivity index (χ0n) is 41.2. The molecular weight excluding hydrogens is 884 g/mol. The van der Waals surface area contributed by atoms with E-state index in [0.29, 0.717) is 43.0 Å². The molecule has 0 radical (unpaired) electrons. The summed E-state index contributed by atoms with van der Waals surface area (Å²) < 4.78 is 16.4. The van der Waals surface area contributed by atoms with Crippen LogP contribution in [-0.2, 0) is 9.47 Å². The van der Waals surface area contributed by atoms with Gasteiger partial charge in [0.15, 0.2) is 0 Å². The van der Waals surface area contributed by atoms with Crippen LogP contribution in [0.5, 0.6) is 0 Å². The predicted octanol–water partition coefficient (Wildman–Crippen LogP) is 12.0. The highest BCUT2D eigenvalue weighted by Gasteiger charge is 2.31. The van der Waals surface area contributed by atoms with Crippen molar-refractivity contribution in [3.8, 4) is 11.4 Å². The lowest BCUT2D eigenvalue weighted by Gasteiger charge is -2.29. The molecule has 2 amide bonds. The standard InChI is InChI=1S/C56H61ClN8O4/c1-35-26-43-49(30-41(35)58)64(39-20-14-12-15-21-39)51-32-47(37(3)28-45(51)60-43)62(53(66)68-55(5,6)7)24-18-10-11-19-25-63(54(67)69-56(8,9)34-57)48-33-52-46(29-38(48)4)61-44-27-36(2)42(59)31-50(44)65(52)40-22-16-13-17-23-40/h12-17,20-23,26-33,58-59H,10-11,18-19,24-25,34H2,1-9H3/p+2. The molecular formula is C56H63ClN8O4+2. The quantitative estimate of drug-likeness (QED) is 0.0382. The van der Waals surface area contributed by atoms with Crippen LogP contribution in [-0.4, -0.2) is 52.3 Å². The molecule has 0 atom stereocenters. The predicted molar refractivity (Wildman–Crippen MR) is 280 cm³/mol. The molecule has 8 aromatic rings. The van der Waals surface area contributed by atoms with Crippen LogP contribution in [0.15, 0.2) is 109 Å². The van der Waals surface area contributed by atoms with Gasteiger partial charge in [-0.1, -0.05) is 49.2 Å². The third-order valence-corrected chi connectivity index (χ3v) is 13.0. The number of carbonyl (C=O) groups excluding carboxylic acids is 2. The van der Waals surface area contributed by atoms with Crippen molar-refractivity contribution >= 4 is 90.7 Å². The number of halogens is 1. The number of amides is 2. The van der Waals surface area contributed by atoms with Crippen LogP contribution in [0, 0.1) is 27.7 Å². The number of unbranched alkanes of at least 4 members (excludes halogenated alkanes) is 3. The summed E-state index contributed by atoms with van der Waals surface area (Å²) in [7, 11) is 0. The van der Waals surface area contributed by atoms with Crippen molar-refractivity contribution in [1.82, 2.24) is 9.97 Å². The summed E-state index contributed by atoms with van der Waals surface area (Å²) in [6, 6.07) is 36.3. The summed E-state index contributed by atoms with van der Waals surface area (Å²) in [6.45, 7) is 18.0. The van der Waals surface area contributed by atoms with Crippen molar-refractivity contribution in [3.05, 3.63) is 131 Å². The van der Waals surface area contributed by atoms with Gasteiger partial charge in [0, 0.05) is 73.0 Å². The number of aromatic nitrogens is 4. The third-order valence-electron chi connectivity index (χ3n) is 12.4. The van der Waals surface area contributed by atoms with Crippen molar-refractivity contribution in [3.63, 3.8) is 0 Å². The maximum absolute atomic E-state index is 14.3. The van der Waals surface area contributed by atoms with Crippen molar-refractivity contribution in [2.45, 2.75) is 99.2 Å². The monoisotopic (exact) mass is 946 g/mol. The Kier molecular flexibility index (Phi) is 13.7. The first-order valence-corrected chi connectivity index (χ1v) is 24.2. The molecule has 69 heavy (non-hydrogen) atoms. The number of carbonyl (C=O) groups is 2. The molecule has 0 saturated heterocycles. The molecule has 0 fully saturated rings. The molecule has 0 aliphatic heterocycles. The largest absolute Gasteiger partial charge is 0.443 e. The summed E-state index contributed by atoms with van der Waals surface area (Å²) in [5.74, 6) is 0.132. The maximum Gasteiger partial charge on any atom is 0.414 e. The van der Waals surface area contributed by atoms with Crippen LogP contribution in [0.25, 0.3) is 55.5 Å². The van der Waals surface area contributed by atoms with Crippen LogP contribution in [0.1, 0.15) is 82.6 Å². The van der Waals surface area contributed by atoms with E-state index in [-0.39, 0.29) is 5.88 Å². The number of benzene rings is 6. The first-order chi connectivity index (χ1) is 32.8. The highest BCUT2D eigenvalue weighted by Crippen LogP contribution is 2.32. The Bertz CT molecular complexity index is 3250. The molecule has 2 aromatic heterocycles. The number of rotatable bonds is 13. The molecule has 12 nitrogen and oxygen atoms in total. The van der Waals surface area contributed by atoms with Crippen molar-refractivity contribution in [2.24, 2.45) is 0 Å². The topological polar surface area (TPSA) is 145 Å². The molecule has 6 aromatic carbocycles. The fraction of sp³-hybridized carbons (Fsp3) is 0.321. The van der Waals surface area contributed by atoms with Gasteiger partial charge in [0.05, 0.1) is 17.3 Å².